The Morgan fingerprint density at radius 1 is 1.25 bits per heavy atom. The van der Waals surface area contributed by atoms with Crippen LogP contribution in [0.3, 0.4) is 0 Å². The number of amides is 2. The molecular weight excluding hydrogens is 210 g/mol. The Labute approximate surface area is 95.6 Å². The predicted molar refractivity (Wildman–Crippen MR) is 61.2 cm³/mol. The number of hydrogen-bond donors (Lipinski definition) is 4. The number of hydrogen-bond acceptors (Lipinski definition) is 3. The van der Waals surface area contributed by atoms with Crippen molar-refractivity contribution in [2.45, 2.75) is 38.6 Å². The number of nitrogens with two attached hydrogens (primary N) is 1. The normalized spacial score (nSPS) is 11.9. The van der Waals surface area contributed by atoms with E-state index >= 15 is 0 Å². The zero-order valence-corrected chi connectivity index (χ0v) is 9.66. The lowest BCUT2D eigenvalue weighted by molar-refractivity contribution is -0.122. The molecule has 94 valence electrons. The number of carboxylic acid groups (broad SMARTS) is 1. The molecular formula is C10H21N3O3. The lowest BCUT2D eigenvalue weighted by Gasteiger charge is -2.11. The Morgan fingerprint density at radius 2 is 1.94 bits per heavy atom. The molecule has 0 aliphatic rings. The molecule has 0 aliphatic heterocycles. The number of rotatable bonds is 8. The van der Waals surface area contributed by atoms with Crippen molar-refractivity contribution < 1.29 is 14.7 Å². The SMILES string of the molecule is CCCCCCNC(=O)[C@@H](N)CNC(=O)O. The van der Waals surface area contributed by atoms with E-state index in [0.717, 1.165) is 25.7 Å². The summed E-state index contributed by atoms with van der Waals surface area (Å²) in [7, 11) is 0. The van der Waals surface area contributed by atoms with E-state index in [1.807, 2.05) is 0 Å². The molecule has 0 fully saturated rings. The zero-order chi connectivity index (χ0) is 12.4. The molecule has 2 amide bonds. The fourth-order valence-corrected chi connectivity index (χ4v) is 1.18. The molecule has 5 N–H and O–H groups in total. The third-order valence-corrected chi connectivity index (χ3v) is 2.14. The molecule has 0 aromatic carbocycles. The molecule has 6 nitrogen and oxygen atoms in total. The van der Waals surface area contributed by atoms with Crippen LogP contribution >= 0.6 is 0 Å². The number of unbranched alkanes of at least 4 members (excludes halogenated alkanes) is 3. The van der Waals surface area contributed by atoms with Crippen LogP contribution in [0.25, 0.3) is 0 Å². The topological polar surface area (TPSA) is 104 Å². The molecule has 6 heteroatoms. The molecule has 0 unspecified atom stereocenters. The maximum Gasteiger partial charge on any atom is 0.404 e. The molecule has 16 heavy (non-hydrogen) atoms. The first-order valence-corrected chi connectivity index (χ1v) is 5.58. The highest BCUT2D eigenvalue weighted by Crippen LogP contribution is 1.96. The quantitative estimate of drug-likeness (QED) is 0.450. The highest BCUT2D eigenvalue weighted by atomic mass is 16.4. The van der Waals surface area contributed by atoms with E-state index in [9.17, 15) is 9.59 Å². The van der Waals surface area contributed by atoms with Crippen LogP contribution in [0.15, 0.2) is 0 Å². The van der Waals surface area contributed by atoms with Crippen LogP contribution in [-0.4, -0.2) is 36.2 Å². The maximum absolute atomic E-state index is 11.3. The van der Waals surface area contributed by atoms with Crippen LogP contribution in [0.5, 0.6) is 0 Å². The minimum Gasteiger partial charge on any atom is -0.465 e. The summed E-state index contributed by atoms with van der Waals surface area (Å²) in [5.41, 5.74) is 5.47. The molecule has 0 spiro atoms. The van der Waals surface area contributed by atoms with Gasteiger partial charge in [0.05, 0.1) is 0 Å². The first kappa shape index (κ1) is 14.7. The summed E-state index contributed by atoms with van der Waals surface area (Å²) in [6, 6.07) is -0.817. The molecule has 0 radical (unpaired) electrons. The summed E-state index contributed by atoms with van der Waals surface area (Å²) >= 11 is 0. The standard InChI is InChI=1S/C10H21N3O3/c1-2-3-4-5-6-12-9(14)8(11)7-13-10(15)16/h8,13H,2-7,11H2,1H3,(H,12,14)(H,15,16)/t8-/m0/s1. The highest BCUT2D eigenvalue weighted by molar-refractivity contribution is 5.82. The van der Waals surface area contributed by atoms with E-state index in [-0.39, 0.29) is 12.5 Å². The second-order valence-corrected chi connectivity index (χ2v) is 3.64. The van der Waals surface area contributed by atoms with Crippen LogP contribution in [0.4, 0.5) is 4.79 Å². The van der Waals surface area contributed by atoms with Crippen LogP contribution in [0, 0.1) is 0 Å². The van der Waals surface area contributed by atoms with E-state index in [0.29, 0.717) is 6.54 Å². The summed E-state index contributed by atoms with van der Waals surface area (Å²) in [6.45, 7) is 2.65. The van der Waals surface area contributed by atoms with Gasteiger partial charge in [-0.15, -0.1) is 0 Å². The second-order valence-electron chi connectivity index (χ2n) is 3.64. The molecule has 0 bridgehead atoms. The van der Waals surface area contributed by atoms with Crippen molar-refractivity contribution in [2.24, 2.45) is 5.73 Å². The molecule has 0 aromatic rings. The van der Waals surface area contributed by atoms with Gasteiger partial charge < -0.3 is 21.5 Å². The first-order valence-electron chi connectivity index (χ1n) is 5.58. The van der Waals surface area contributed by atoms with Crippen molar-refractivity contribution in [1.82, 2.24) is 10.6 Å². The fraction of sp³-hybridized carbons (Fsp3) is 0.800. The zero-order valence-electron chi connectivity index (χ0n) is 9.66. The van der Waals surface area contributed by atoms with Gasteiger partial charge in [-0.2, -0.15) is 0 Å². The lowest BCUT2D eigenvalue weighted by Crippen LogP contribution is -2.47. The van der Waals surface area contributed by atoms with Crippen LogP contribution in [0.1, 0.15) is 32.6 Å². The average Bonchev–Trinajstić information content (AvgIpc) is 2.25. The van der Waals surface area contributed by atoms with Crippen molar-refractivity contribution in [3.63, 3.8) is 0 Å². The first-order chi connectivity index (χ1) is 7.57. The van der Waals surface area contributed by atoms with Crippen LogP contribution in [0.2, 0.25) is 0 Å². The van der Waals surface area contributed by atoms with E-state index in [1.165, 1.54) is 0 Å². The van der Waals surface area contributed by atoms with E-state index in [2.05, 4.69) is 17.6 Å². The molecule has 0 rings (SSSR count). The predicted octanol–water partition coefficient (Wildman–Crippen LogP) is 0.278. The monoisotopic (exact) mass is 231 g/mol. The molecule has 1 atom stereocenters. The summed E-state index contributed by atoms with van der Waals surface area (Å²) < 4.78 is 0. The Morgan fingerprint density at radius 3 is 2.50 bits per heavy atom. The van der Waals surface area contributed by atoms with E-state index in [4.69, 9.17) is 10.8 Å². The highest BCUT2D eigenvalue weighted by Gasteiger charge is 2.12. The minimum absolute atomic E-state index is 0.0594. The molecule has 0 heterocycles. The number of carbonyl (C=O) groups excluding carboxylic acids is 1. The maximum atomic E-state index is 11.3. The summed E-state index contributed by atoms with van der Waals surface area (Å²) in [6.07, 6.45) is 3.14. The third-order valence-electron chi connectivity index (χ3n) is 2.14. The fourth-order valence-electron chi connectivity index (χ4n) is 1.18. The van der Waals surface area contributed by atoms with Gasteiger partial charge in [-0.25, -0.2) is 4.79 Å². The van der Waals surface area contributed by atoms with Crippen molar-refractivity contribution in [2.75, 3.05) is 13.1 Å². The largest absolute Gasteiger partial charge is 0.465 e. The van der Waals surface area contributed by atoms with Gasteiger partial charge in [0.25, 0.3) is 0 Å². The van der Waals surface area contributed by atoms with Crippen molar-refractivity contribution in [3.05, 3.63) is 0 Å². The average molecular weight is 231 g/mol. The molecule has 0 saturated carbocycles. The Kier molecular flexibility index (Phi) is 8.24. The van der Waals surface area contributed by atoms with Gasteiger partial charge in [0, 0.05) is 13.1 Å². The van der Waals surface area contributed by atoms with Gasteiger partial charge in [-0.1, -0.05) is 26.2 Å². The minimum atomic E-state index is -1.17. The number of carbonyl (C=O) groups is 2. The Bertz CT molecular complexity index is 221. The van der Waals surface area contributed by atoms with Gasteiger partial charge in [-0.3, -0.25) is 4.79 Å². The van der Waals surface area contributed by atoms with Crippen molar-refractivity contribution in [1.29, 1.82) is 0 Å². The van der Waals surface area contributed by atoms with E-state index < -0.39 is 12.1 Å². The summed E-state index contributed by atoms with van der Waals surface area (Å²) in [5, 5.41) is 13.1. The van der Waals surface area contributed by atoms with Gasteiger partial charge in [0.2, 0.25) is 5.91 Å². The summed E-state index contributed by atoms with van der Waals surface area (Å²) in [5.74, 6) is -0.315. The van der Waals surface area contributed by atoms with Gasteiger partial charge in [0.15, 0.2) is 0 Å². The van der Waals surface area contributed by atoms with Crippen molar-refractivity contribution >= 4 is 12.0 Å². The Hall–Kier alpha value is -1.30. The van der Waals surface area contributed by atoms with Crippen molar-refractivity contribution in [3.8, 4) is 0 Å². The lowest BCUT2D eigenvalue weighted by atomic mass is 10.2. The summed E-state index contributed by atoms with van der Waals surface area (Å²) in [4.78, 5) is 21.5. The van der Waals surface area contributed by atoms with Gasteiger partial charge in [0.1, 0.15) is 6.04 Å². The van der Waals surface area contributed by atoms with Crippen LogP contribution < -0.4 is 16.4 Å². The molecule has 0 aromatic heterocycles. The Balaban J connectivity index is 3.51. The van der Waals surface area contributed by atoms with Crippen LogP contribution in [-0.2, 0) is 4.79 Å². The third kappa shape index (κ3) is 8.05. The molecule has 0 saturated heterocycles. The number of nitrogens with one attached hydrogen (secondary N) is 2. The second kappa shape index (κ2) is 8.96. The van der Waals surface area contributed by atoms with Gasteiger partial charge in [-0.05, 0) is 6.42 Å². The van der Waals surface area contributed by atoms with E-state index in [1.54, 1.807) is 0 Å². The molecule has 0 aliphatic carbocycles. The van der Waals surface area contributed by atoms with Gasteiger partial charge >= 0.3 is 6.09 Å². The smallest absolute Gasteiger partial charge is 0.404 e.